The number of esters is 2. The Hall–Kier alpha value is -2.53. The molecular weight excluding hydrogens is 424 g/mol. The van der Waals surface area contributed by atoms with Crippen molar-refractivity contribution in [3.63, 3.8) is 0 Å². The maximum Gasteiger partial charge on any atom is 0.341 e. The molecule has 178 valence electrons. The molecule has 1 unspecified atom stereocenters. The summed E-state index contributed by atoms with van der Waals surface area (Å²) in [5.74, 6) is -4.50. The highest BCUT2D eigenvalue weighted by molar-refractivity contribution is 6.03. The van der Waals surface area contributed by atoms with E-state index in [2.05, 4.69) is 0 Å². The standard InChI is InChI=1S/C22H30O10/c1-3-5-8-12(4-2)11-30-20(28)13-9-6-7-10-14(13)21(29)32-22-17(25)15(23)16(24)18(31-22)19(26)27/h6-7,9-10,12,15-18,22-25H,3-5,8,11H2,1-2H3,(H,26,27)/t12?,15-,16-,17+,18-,22-/m0/s1/i6D,7D,9D,10D. The molecular formula is C22H30O10. The summed E-state index contributed by atoms with van der Waals surface area (Å²) in [6, 6.07) is -3.47. The second-order valence-corrected chi connectivity index (χ2v) is 7.41. The molecule has 4 N–H and O–H groups in total. The van der Waals surface area contributed by atoms with Crippen LogP contribution in [0.3, 0.4) is 0 Å². The third kappa shape index (κ3) is 6.26. The lowest BCUT2D eigenvalue weighted by Gasteiger charge is -2.37. The Morgan fingerprint density at radius 2 is 1.69 bits per heavy atom. The lowest BCUT2D eigenvalue weighted by atomic mass is 9.99. The van der Waals surface area contributed by atoms with Crippen molar-refractivity contribution in [3.05, 3.63) is 35.3 Å². The van der Waals surface area contributed by atoms with E-state index in [4.69, 9.17) is 24.8 Å². The van der Waals surface area contributed by atoms with Gasteiger partial charge in [0, 0.05) is 0 Å². The fourth-order valence-corrected chi connectivity index (χ4v) is 3.10. The number of aliphatic hydroxyl groups is 3. The fourth-order valence-electron chi connectivity index (χ4n) is 3.10. The predicted octanol–water partition coefficient (Wildman–Crippen LogP) is 1.11. The molecule has 0 amide bonds. The molecule has 0 bridgehead atoms. The molecule has 0 spiro atoms. The number of carboxylic acids is 1. The van der Waals surface area contributed by atoms with Crippen molar-refractivity contribution in [1.82, 2.24) is 0 Å². The molecule has 1 fully saturated rings. The Balaban J connectivity index is 2.39. The molecule has 1 aliphatic rings. The van der Waals surface area contributed by atoms with Crippen LogP contribution in [0.1, 0.15) is 65.7 Å². The van der Waals surface area contributed by atoms with Gasteiger partial charge < -0.3 is 34.6 Å². The fraction of sp³-hybridized carbons (Fsp3) is 0.591. The summed E-state index contributed by atoms with van der Waals surface area (Å²) in [5.41, 5.74) is -1.73. The van der Waals surface area contributed by atoms with Gasteiger partial charge >= 0.3 is 17.9 Å². The minimum absolute atomic E-state index is 0.00784. The largest absolute Gasteiger partial charge is 0.479 e. The van der Waals surface area contributed by atoms with Crippen molar-refractivity contribution in [3.8, 4) is 0 Å². The van der Waals surface area contributed by atoms with Gasteiger partial charge in [0.15, 0.2) is 6.10 Å². The van der Waals surface area contributed by atoms with E-state index in [1.807, 2.05) is 13.8 Å². The van der Waals surface area contributed by atoms with Gasteiger partial charge in [0.25, 0.3) is 0 Å². The van der Waals surface area contributed by atoms with Crippen LogP contribution in [0.25, 0.3) is 0 Å². The number of aliphatic hydroxyl groups excluding tert-OH is 3. The molecule has 1 aromatic rings. The molecule has 1 aliphatic heterocycles. The summed E-state index contributed by atoms with van der Waals surface area (Å²) >= 11 is 0. The summed E-state index contributed by atoms with van der Waals surface area (Å²) in [7, 11) is 0. The summed E-state index contributed by atoms with van der Waals surface area (Å²) in [5, 5.41) is 38.9. The van der Waals surface area contributed by atoms with Crippen LogP contribution in [0.15, 0.2) is 24.2 Å². The smallest absolute Gasteiger partial charge is 0.341 e. The Morgan fingerprint density at radius 1 is 1.06 bits per heavy atom. The highest BCUT2D eigenvalue weighted by Crippen LogP contribution is 2.24. The zero-order chi connectivity index (χ0) is 27.3. The zero-order valence-corrected chi connectivity index (χ0v) is 17.7. The first-order chi connectivity index (χ1) is 16.9. The van der Waals surface area contributed by atoms with E-state index in [1.54, 1.807) is 0 Å². The molecule has 0 aromatic heterocycles. The molecule has 1 heterocycles. The van der Waals surface area contributed by atoms with Crippen molar-refractivity contribution < 1.29 is 54.5 Å². The second kappa shape index (κ2) is 11.9. The molecule has 0 aliphatic carbocycles. The van der Waals surface area contributed by atoms with Gasteiger partial charge in [-0.2, -0.15) is 0 Å². The zero-order valence-electron chi connectivity index (χ0n) is 21.7. The van der Waals surface area contributed by atoms with Gasteiger partial charge in [-0.3, -0.25) is 0 Å². The minimum Gasteiger partial charge on any atom is -0.479 e. The third-order valence-electron chi connectivity index (χ3n) is 5.13. The monoisotopic (exact) mass is 458 g/mol. The SMILES string of the molecule is [2H]c1c([2H])c([2H])c(C(=O)O[C@@H]2O[C@H](C(=O)O)[C@@H](O)[C@H](O)[C@H]2O)c(C(=O)OCC(CC)CCCC)c1[2H]. The number of carbonyl (C=O) groups is 3. The van der Waals surface area contributed by atoms with Crippen molar-refractivity contribution in [2.75, 3.05) is 6.61 Å². The molecule has 32 heavy (non-hydrogen) atoms. The third-order valence-corrected chi connectivity index (χ3v) is 5.13. The van der Waals surface area contributed by atoms with E-state index in [0.717, 1.165) is 19.3 Å². The number of rotatable bonds is 10. The van der Waals surface area contributed by atoms with Crippen molar-refractivity contribution in [2.24, 2.45) is 5.92 Å². The highest BCUT2D eigenvalue weighted by Gasteiger charge is 2.48. The number of hydrogen-bond donors (Lipinski definition) is 4. The number of carbonyl (C=O) groups excluding carboxylic acids is 2. The van der Waals surface area contributed by atoms with Crippen molar-refractivity contribution in [2.45, 2.75) is 70.2 Å². The summed E-state index contributed by atoms with van der Waals surface area (Å²) < 4.78 is 47.0. The topological polar surface area (TPSA) is 160 Å². The van der Waals surface area contributed by atoms with Gasteiger partial charge in [0.1, 0.15) is 18.3 Å². The van der Waals surface area contributed by atoms with E-state index in [1.165, 1.54) is 0 Å². The maximum atomic E-state index is 13.0. The van der Waals surface area contributed by atoms with Crippen LogP contribution in [-0.2, 0) is 19.0 Å². The van der Waals surface area contributed by atoms with E-state index in [0.29, 0.717) is 6.42 Å². The average molecular weight is 458 g/mol. The molecule has 0 saturated carbocycles. The minimum atomic E-state index is -2.14. The summed E-state index contributed by atoms with van der Waals surface area (Å²) in [6.45, 7) is 3.85. The Kier molecular flexibility index (Phi) is 7.48. The van der Waals surface area contributed by atoms with Gasteiger partial charge in [0.05, 0.1) is 23.2 Å². The molecule has 10 heteroatoms. The van der Waals surface area contributed by atoms with Crippen LogP contribution in [-0.4, -0.2) is 75.6 Å². The van der Waals surface area contributed by atoms with Crippen molar-refractivity contribution >= 4 is 17.9 Å². The molecule has 6 atom stereocenters. The van der Waals surface area contributed by atoms with Gasteiger partial charge in [-0.05, 0) is 24.4 Å². The number of aliphatic carboxylic acids is 1. The number of carboxylic acid groups (broad SMARTS) is 1. The molecule has 10 nitrogen and oxygen atoms in total. The first-order valence-corrected chi connectivity index (χ1v) is 10.3. The lowest BCUT2D eigenvalue weighted by Crippen LogP contribution is -2.60. The maximum absolute atomic E-state index is 13.0. The van der Waals surface area contributed by atoms with Crippen LogP contribution in [0.2, 0.25) is 0 Å². The normalized spacial score (nSPS) is 28.0. The van der Waals surface area contributed by atoms with Crippen LogP contribution >= 0.6 is 0 Å². The van der Waals surface area contributed by atoms with Crippen LogP contribution in [0.5, 0.6) is 0 Å². The number of benzene rings is 1. The van der Waals surface area contributed by atoms with Gasteiger partial charge in [-0.15, -0.1) is 0 Å². The molecule has 0 radical (unpaired) electrons. The van der Waals surface area contributed by atoms with Crippen LogP contribution < -0.4 is 0 Å². The molecule has 1 saturated heterocycles. The van der Waals surface area contributed by atoms with Crippen LogP contribution in [0, 0.1) is 5.92 Å². The quantitative estimate of drug-likeness (QED) is 0.374. The predicted molar refractivity (Wildman–Crippen MR) is 110 cm³/mol. The Labute approximate surface area is 191 Å². The summed E-state index contributed by atoms with van der Waals surface area (Å²) in [6.07, 6.45) is -7.19. The molecule has 2 rings (SSSR count). The number of unbranched alkanes of at least 4 members (excludes halogenated alkanes) is 1. The second-order valence-electron chi connectivity index (χ2n) is 7.41. The van der Waals surface area contributed by atoms with E-state index < -0.39 is 83.9 Å². The van der Waals surface area contributed by atoms with Gasteiger partial charge in [-0.1, -0.05) is 45.2 Å². The van der Waals surface area contributed by atoms with Gasteiger partial charge in [-0.25, -0.2) is 14.4 Å². The van der Waals surface area contributed by atoms with Crippen molar-refractivity contribution in [1.29, 1.82) is 0 Å². The highest BCUT2D eigenvalue weighted by atomic mass is 16.7. The number of hydrogen-bond acceptors (Lipinski definition) is 9. The molecule has 1 aromatic carbocycles. The Bertz CT molecular complexity index is 988. The van der Waals surface area contributed by atoms with Gasteiger partial charge in [0.2, 0.25) is 6.29 Å². The average Bonchev–Trinajstić information content (AvgIpc) is 2.84. The van der Waals surface area contributed by atoms with E-state index in [-0.39, 0.29) is 12.5 Å². The summed E-state index contributed by atoms with van der Waals surface area (Å²) in [4.78, 5) is 37.1. The number of ether oxygens (including phenoxy) is 3. The van der Waals surface area contributed by atoms with E-state index in [9.17, 15) is 29.7 Å². The van der Waals surface area contributed by atoms with Crippen LogP contribution in [0.4, 0.5) is 0 Å². The lowest BCUT2D eigenvalue weighted by molar-refractivity contribution is -0.278. The Morgan fingerprint density at radius 3 is 2.25 bits per heavy atom. The first-order valence-electron chi connectivity index (χ1n) is 12.3. The van der Waals surface area contributed by atoms with E-state index >= 15 is 0 Å². The first kappa shape index (κ1) is 20.1.